The summed E-state index contributed by atoms with van der Waals surface area (Å²) in [5.74, 6) is 0. The van der Waals surface area contributed by atoms with Gasteiger partial charge in [0.15, 0.2) is 0 Å². The molecule has 0 radical (unpaired) electrons. The first-order chi connectivity index (χ1) is 9.87. The van der Waals surface area contributed by atoms with Crippen LogP contribution in [-0.2, 0) is 10.0 Å². The van der Waals surface area contributed by atoms with E-state index in [1.54, 1.807) is 0 Å². The third kappa shape index (κ3) is 2.99. The van der Waals surface area contributed by atoms with Crippen LogP contribution in [0.2, 0.25) is 0 Å². The lowest BCUT2D eigenvalue weighted by molar-refractivity contribution is -0.384. The number of nitro groups is 1. The second-order valence-electron chi connectivity index (χ2n) is 4.90. The van der Waals surface area contributed by atoms with Gasteiger partial charge in [-0.05, 0) is 18.9 Å². The Bertz CT molecular complexity index is 642. The van der Waals surface area contributed by atoms with Gasteiger partial charge in [-0.15, -0.1) is 0 Å². The number of nitro benzene ring substituents is 1. The summed E-state index contributed by atoms with van der Waals surface area (Å²) in [6, 6.07) is 3.15. The van der Waals surface area contributed by atoms with Gasteiger partial charge in [0, 0.05) is 24.7 Å². The third-order valence-corrected chi connectivity index (χ3v) is 5.62. The molecular formula is C12H17N3O5S. The van der Waals surface area contributed by atoms with Gasteiger partial charge in [0.25, 0.3) is 5.69 Å². The average Bonchev–Trinajstić information content (AvgIpc) is 2.35. The number of aliphatic hydroxyl groups excluding tert-OH is 1. The number of nitrogens with zero attached hydrogens (tertiary/aromatic N) is 2. The van der Waals surface area contributed by atoms with E-state index in [4.69, 9.17) is 10.8 Å². The van der Waals surface area contributed by atoms with Crippen LogP contribution < -0.4 is 5.73 Å². The number of non-ortho nitro benzene ring substituents is 1. The fourth-order valence-corrected chi connectivity index (χ4v) is 4.06. The zero-order chi connectivity index (χ0) is 15.6. The van der Waals surface area contributed by atoms with Crippen molar-refractivity contribution >= 4 is 21.4 Å². The third-order valence-electron chi connectivity index (χ3n) is 3.59. The zero-order valence-electron chi connectivity index (χ0n) is 11.3. The molecule has 1 aliphatic carbocycles. The lowest BCUT2D eigenvalue weighted by atomic mass is 9.93. The molecule has 0 aromatic heterocycles. The van der Waals surface area contributed by atoms with Crippen molar-refractivity contribution < 1.29 is 18.4 Å². The molecule has 0 spiro atoms. The lowest BCUT2D eigenvalue weighted by Gasteiger charge is -2.36. The number of rotatable bonds is 6. The summed E-state index contributed by atoms with van der Waals surface area (Å²) in [5, 5.41) is 19.7. The minimum atomic E-state index is -3.87. The summed E-state index contributed by atoms with van der Waals surface area (Å²) >= 11 is 0. The predicted octanol–water partition coefficient (Wildman–Crippen LogP) is 0.712. The van der Waals surface area contributed by atoms with E-state index < -0.39 is 14.9 Å². The van der Waals surface area contributed by atoms with Crippen LogP contribution in [0.3, 0.4) is 0 Å². The van der Waals surface area contributed by atoms with Gasteiger partial charge < -0.3 is 10.8 Å². The summed E-state index contributed by atoms with van der Waals surface area (Å²) in [7, 11) is -3.87. The molecule has 9 heteroatoms. The number of anilines is 1. The fraction of sp³-hybridized carbons (Fsp3) is 0.500. The van der Waals surface area contributed by atoms with Crippen LogP contribution in [0, 0.1) is 10.1 Å². The van der Waals surface area contributed by atoms with Crippen LogP contribution in [0.5, 0.6) is 0 Å². The van der Waals surface area contributed by atoms with Gasteiger partial charge in [-0.3, -0.25) is 10.1 Å². The highest BCUT2D eigenvalue weighted by Gasteiger charge is 2.35. The van der Waals surface area contributed by atoms with E-state index >= 15 is 0 Å². The molecule has 0 atom stereocenters. The molecule has 1 aromatic carbocycles. The first-order valence-electron chi connectivity index (χ1n) is 6.54. The second-order valence-corrected chi connectivity index (χ2v) is 6.76. The molecule has 1 fully saturated rings. The van der Waals surface area contributed by atoms with E-state index in [2.05, 4.69) is 0 Å². The summed E-state index contributed by atoms with van der Waals surface area (Å²) in [6.45, 7) is -0.300. The van der Waals surface area contributed by atoms with Gasteiger partial charge in [0.1, 0.15) is 4.90 Å². The topological polar surface area (TPSA) is 127 Å². The largest absolute Gasteiger partial charge is 0.397 e. The number of nitrogen functional groups attached to an aromatic ring is 1. The van der Waals surface area contributed by atoms with Gasteiger partial charge in [0.05, 0.1) is 17.2 Å². The maximum absolute atomic E-state index is 12.6. The first-order valence-corrected chi connectivity index (χ1v) is 7.98. The molecule has 3 N–H and O–H groups in total. The van der Waals surface area contributed by atoms with Crippen LogP contribution >= 0.6 is 0 Å². The summed E-state index contributed by atoms with van der Waals surface area (Å²) < 4.78 is 26.5. The number of nitrogens with two attached hydrogens (primary N) is 1. The van der Waals surface area contributed by atoms with Crippen molar-refractivity contribution in [3.63, 3.8) is 0 Å². The molecular weight excluding hydrogens is 298 g/mol. The van der Waals surface area contributed by atoms with Crippen molar-refractivity contribution in [3.05, 3.63) is 28.3 Å². The van der Waals surface area contributed by atoms with Crippen LogP contribution in [0.15, 0.2) is 23.1 Å². The Morgan fingerprint density at radius 2 is 2.10 bits per heavy atom. The maximum Gasteiger partial charge on any atom is 0.271 e. The Balaban J connectivity index is 2.39. The highest BCUT2D eigenvalue weighted by Crippen LogP contribution is 2.32. The highest BCUT2D eigenvalue weighted by atomic mass is 32.2. The second kappa shape index (κ2) is 5.96. The molecule has 0 amide bonds. The Kier molecular flexibility index (Phi) is 4.45. The van der Waals surface area contributed by atoms with Crippen LogP contribution in [0.4, 0.5) is 11.4 Å². The van der Waals surface area contributed by atoms with Crippen LogP contribution in [0.1, 0.15) is 19.3 Å². The molecule has 0 aliphatic heterocycles. The van der Waals surface area contributed by atoms with E-state index in [9.17, 15) is 18.5 Å². The number of hydrogen-bond acceptors (Lipinski definition) is 6. The van der Waals surface area contributed by atoms with Crippen LogP contribution in [-0.4, -0.2) is 41.9 Å². The highest BCUT2D eigenvalue weighted by molar-refractivity contribution is 7.89. The Morgan fingerprint density at radius 1 is 1.43 bits per heavy atom. The Morgan fingerprint density at radius 3 is 2.52 bits per heavy atom. The smallest absolute Gasteiger partial charge is 0.271 e. The molecule has 2 rings (SSSR count). The fourth-order valence-electron chi connectivity index (χ4n) is 2.28. The van der Waals surface area contributed by atoms with Gasteiger partial charge >= 0.3 is 0 Å². The number of aliphatic hydroxyl groups is 1. The van der Waals surface area contributed by atoms with Crippen molar-refractivity contribution in [2.75, 3.05) is 18.9 Å². The molecule has 8 nitrogen and oxygen atoms in total. The molecule has 1 aromatic rings. The van der Waals surface area contributed by atoms with Crippen molar-refractivity contribution in [2.45, 2.75) is 30.2 Å². The number of hydrogen-bond donors (Lipinski definition) is 2. The molecule has 0 bridgehead atoms. The minimum absolute atomic E-state index is 0.0105. The first kappa shape index (κ1) is 15.7. The number of benzene rings is 1. The number of sulfonamides is 1. The van der Waals surface area contributed by atoms with Gasteiger partial charge in [-0.2, -0.15) is 4.31 Å². The van der Waals surface area contributed by atoms with E-state index in [0.29, 0.717) is 0 Å². The van der Waals surface area contributed by atoms with Crippen molar-refractivity contribution in [1.29, 1.82) is 0 Å². The van der Waals surface area contributed by atoms with Crippen molar-refractivity contribution in [2.24, 2.45) is 0 Å². The van der Waals surface area contributed by atoms with E-state index in [-0.39, 0.29) is 35.5 Å². The van der Waals surface area contributed by atoms with Gasteiger partial charge in [0.2, 0.25) is 10.0 Å². The van der Waals surface area contributed by atoms with Crippen molar-refractivity contribution in [1.82, 2.24) is 4.31 Å². The van der Waals surface area contributed by atoms with Gasteiger partial charge in [-0.25, -0.2) is 8.42 Å². The summed E-state index contributed by atoms with van der Waals surface area (Å²) in [5.41, 5.74) is 5.25. The van der Waals surface area contributed by atoms with E-state index in [0.717, 1.165) is 37.5 Å². The summed E-state index contributed by atoms with van der Waals surface area (Å²) in [6.07, 6.45) is 2.43. The molecule has 116 valence electrons. The summed E-state index contributed by atoms with van der Waals surface area (Å²) in [4.78, 5) is 9.88. The molecule has 1 aliphatic rings. The predicted molar refractivity (Wildman–Crippen MR) is 76.1 cm³/mol. The Hall–Kier alpha value is -1.71. The molecule has 0 unspecified atom stereocenters. The van der Waals surface area contributed by atoms with E-state index in [1.165, 1.54) is 4.31 Å². The molecule has 21 heavy (non-hydrogen) atoms. The monoisotopic (exact) mass is 315 g/mol. The molecule has 0 saturated heterocycles. The Labute approximate surface area is 122 Å². The maximum atomic E-state index is 12.6. The van der Waals surface area contributed by atoms with E-state index in [1.807, 2.05) is 0 Å². The van der Waals surface area contributed by atoms with Crippen LogP contribution in [0.25, 0.3) is 0 Å². The van der Waals surface area contributed by atoms with Crippen molar-refractivity contribution in [3.8, 4) is 0 Å². The SMILES string of the molecule is Nc1cc([N+](=O)[O-])ccc1S(=O)(=O)N(CCO)C1CCC1. The molecule has 1 saturated carbocycles. The van der Waals surface area contributed by atoms with Gasteiger partial charge in [-0.1, -0.05) is 6.42 Å². The zero-order valence-corrected chi connectivity index (χ0v) is 12.1. The normalized spacial score (nSPS) is 15.9. The quantitative estimate of drug-likeness (QED) is 0.452. The average molecular weight is 315 g/mol. The molecule has 0 heterocycles. The minimum Gasteiger partial charge on any atom is -0.397 e. The standard InChI is InChI=1S/C12H17N3O5S/c13-11-8-10(15(17)18)4-5-12(11)21(19,20)14(6-7-16)9-2-1-3-9/h4-5,8-9,16H,1-3,6-7,13H2. The lowest BCUT2D eigenvalue weighted by Crippen LogP contribution is -2.45.